The highest BCUT2D eigenvalue weighted by Gasteiger charge is 2.25. The van der Waals surface area contributed by atoms with Gasteiger partial charge in [0.2, 0.25) is 5.78 Å². The highest BCUT2D eigenvalue weighted by molar-refractivity contribution is 6.45. The minimum absolute atomic E-state index is 0.259. The Hall–Kier alpha value is -3.41. The maximum atomic E-state index is 12.6. The Kier molecular flexibility index (Phi) is 5.07. The quantitative estimate of drug-likeness (QED) is 0.513. The number of carboxylic acids is 1. The van der Waals surface area contributed by atoms with Crippen LogP contribution in [0.1, 0.15) is 28.5 Å². The Morgan fingerprint density at radius 3 is 2.37 bits per heavy atom. The van der Waals surface area contributed by atoms with Crippen molar-refractivity contribution in [2.75, 3.05) is 6.61 Å². The summed E-state index contributed by atoms with van der Waals surface area (Å²) >= 11 is 0. The fraction of sp³-hybridized carbons (Fsp3) is 0.190. The molecule has 1 heterocycles. The SMILES string of the molecule is CC(=O)C(=O)c1c(C)n(Cc2ccccc2)c2cccc(OCC(=O)O)c12. The molecular formula is C21H19NO5. The molecule has 6 heteroatoms. The summed E-state index contributed by atoms with van der Waals surface area (Å²) in [5.74, 6) is -2.04. The number of rotatable bonds is 7. The molecule has 1 N–H and O–H groups in total. The second-order valence-corrected chi connectivity index (χ2v) is 6.25. The molecule has 1 aromatic heterocycles. The number of fused-ring (bicyclic) bond motifs is 1. The molecule has 0 amide bonds. The zero-order valence-electron chi connectivity index (χ0n) is 15.1. The molecule has 0 aliphatic carbocycles. The third-order valence-electron chi connectivity index (χ3n) is 4.39. The molecule has 0 radical (unpaired) electrons. The number of aliphatic carboxylic acids is 1. The van der Waals surface area contributed by atoms with Crippen molar-refractivity contribution in [2.24, 2.45) is 0 Å². The number of hydrogen-bond acceptors (Lipinski definition) is 4. The Labute approximate surface area is 156 Å². The van der Waals surface area contributed by atoms with Crippen LogP contribution in [0.3, 0.4) is 0 Å². The van der Waals surface area contributed by atoms with E-state index in [0.717, 1.165) is 5.56 Å². The van der Waals surface area contributed by atoms with Gasteiger partial charge in [0.25, 0.3) is 0 Å². The maximum Gasteiger partial charge on any atom is 0.341 e. The van der Waals surface area contributed by atoms with E-state index in [-0.39, 0.29) is 11.3 Å². The summed E-state index contributed by atoms with van der Waals surface area (Å²) in [6.45, 7) is 2.98. The maximum absolute atomic E-state index is 12.6. The molecule has 2 aromatic carbocycles. The first-order chi connectivity index (χ1) is 12.9. The van der Waals surface area contributed by atoms with Crippen molar-refractivity contribution >= 4 is 28.4 Å². The van der Waals surface area contributed by atoms with Crippen molar-refractivity contribution in [3.05, 3.63) is 65.4 Å². The number of carbonyl (C=O) groups excluding carboxylic acids is 2. The van der Waals surface area contributed by atoms with Crippen molar-refractivity contribution in [1.29, 1.82) is 0 Å². The molecular weight excluding hydrogens is 346 g/mol. The molecule has 0 unspecified atom stereocenters. The van der Waals surface area contributed by atoms with Crippen LogP contribution in [0.2, 0.25) is 0 Å². The van der Waals surface area contributed by atoms with E-state index >= 15 is 0 Å². The van der Waals surface area contributed by atoms with Gasteiger partial charge in [0, 0.05) is 19.2 Å². The Balaban J connectivity index is 2.23. The molecule has 27 heavy (non-hydrogen) atoms. The molecule has 138 valence electrons. The lowest BCUT2D eigenvalue weighted by molar-refractivity contribution is -0.139. The highest BCUT2D eigenvalue weighted by Crippen LogP contribution is 2.34. The van der Waals surface area contributed by atoms with Crippen LogP contribution in [0.25, 0.3) is 10.9 Å². The minimum atomic E-state index is -1.12. The van der Waals surface area contributed by atoms with Gasteiger partial charge in [-0.2, -0.15) is 0 Å². The summed E-state index contributed by atoms with van der Waals surface area (Å²) in [7, 11) is 0. The minimum Gasteiger partial charge on any atom is -0.481 e. The van der Waals surface area contributed by atoms with Gasteiger partial charge in [-0.15, -0.1) is 0 Å². The lowest BCUT2D eigenvalue weighted by Crippen LogP contribution is -2.13. The van der Waals surface area contributed by atoms with Crippen LogP contribution in [-0.2, 0) is 16.1 Å². The molecule has 0 fully saturated rings. The molecule has 0 bridgehead atoms. The Morgan fingerprint density at radius 2 is 1.74 bits per heavy atom. The molecule has 0 atom stereocenters. The molecule has 0 saturated heterocycles. The van der Waals surface area contributed by atoms with Crippen LogP contribution < -0.4 is 4.74 Å². The molecule has 0 aliphatic heterocycles. The van der Waals surface area contributed by atoms with Crippen LogP contribution in [0, 0.1) is 6.92 Å². The van der Waals surface area contributed by atoms with Gasteiger partial charge < -0.3 is 14.4 Å². The van der Waals surface area contributed by atoms with E-state index in [1.54, 1.807) is 19.1 Å². The third-order valence-corrected chi connectivity index (χ3v) is 4.39. The molecule has 3 rings (SSSR count). The summed E-state index contributed by atoms with van der Waals surface area (Å²) in [5, 5.41) is 9.38. The van der Waals surface area contributed by atoms with E-state index in [4.69, 9.17) is 9.84 Å². The van der Waals surface area contributed by atoms with Gasteiger partial charge in [-0.3, -0.25) is 9.59 Å². The van der Waals surface area contributed by atoms with E-state index in [1.165, 1.54) is 6.92 Å². The largest absolute Gasteiger partial charge is 0.481 e. The number of carboxylic acid groups (broad SMARTS) is 1. The summed E-state index contributed by atoms with van der Waals surface area (Å²) in [5.41, 5.74) is 2.65. The zero-order valence-corrected chi connectivity index (χ0v) is 15.1. The lowest BCUT2D eigenvalue weighted by Gasteiger charge is -2.09. The molecule has 0 saturated carbocycles. The van der Waals surface area contributed by atoms with E-state index in [1.807, 2.05) is 41.0 Å². The fourth-order valence-electron chi connectivity index (χ4n) is 3.18. The number of benzene rings is 2. The summed E-state index contributed by atoms with van der Waals surface area (Å²) in [6.07, 6.45) is 0. The molecule has 6 nitrogen and oxygen atoms in total. The van der Waals surface area contributed by atoms with E-state index in [2.05, 4.69) is 0 Å². The number of nitrogens with zero attached hydrogens (tertiary/aromatic N) is 1. The van der Waals surface area contributed by atoms with Crippen molar-refractivity contribution in [1.82, 2.24) is 4.57 Å². The smallest absolute Gasteiger partial charge is 0.341 e. The number of carbonyl (C=O) groups is 3. The van der Waals surface area contributed by atoms with Crippen molar-refractivity contribution in [3.8, 4) is 5.75 Å². The lowest BCUT2D eigenvalue weighted by atomic mass is 10.0. The van der Waals surface area contributed by atoms with Gasteiger partial charge in [0.1, 0.15) is 5.75 Å². The fourth-order valence-corrected chi connectivity index (χ4v) is 3.18. The zero-order chi connectivity index (χ0) is 19.6. The predicted molar refractivity (Wildman–Crippen MR) is 100 cm³/mol. The normalized spacial score (nSPS) is 10.7. The van der Waals surface area contributed by atoms with E-state index in [9.17, 15) is 14.4 Å². The van der Waals surface area contributed by atoms with Gasteiger partial charge in [-0.25, -0.2) is 4.79 Å². The van der Waals surface area contributed by atoms with Crippen LogP contribution in [0.15, 0.2) is 48.5 Å². The van der Waals surface area contributed by atoms with Crippen LogP contribution in [0.4, 0.5) is 0 Å². The summed E-state index contributed by atoms with van der Waals surface area (Å²) in [6, 6.07) is 14.9. The highest BCUT2D eigenvalue weighted by atomic mass is 16.5. The first-order valence-electron chi connectivity index (χ1n) is 8.45. The first kappa shape index (κ1) is 18.4. The second-order valence-electron chi connectivity index (χ2n) is 6.25. The number of Topliss-reactive ketones (excluding diaryl/α,β-unsaturated/α-hetero) is 2. The average molecular weight is 365 g/mol. The number of hydrogen-bond donors (Lipinski definition) is 1. The Bertz CT molecular complexity index is 1030. The average Bonchev–Trinajstić information content (AvgIpc) is 2.92. The van der Waals surface area contributed by atoms with Crippen LogP contribution >= 0.6 is 0 Å². The number of ether oxygens (including phenoxy) is 1. The van der Waals surface area contributed by atoms with Crippen molar-refractivity contribution in [3.63, 3.8) is 0 Å². The topological polar surface area (TPSA) is 85.6 Å². The van der Waals surface area contributed by atoms with Crippen molar-refractivity contribution < 1.29 is 24.2 Å². The summed E-state index contributed by atoms with van der Waals surface area (Å²) < 4.78 is 7.33. The number of ketones is 2. The third kappa shape index (κ3) is 3.60. The molecule has 0 spiro atoms. The van der Waals surface area contributed by atoms with Crippen molar-refractivity contribution in [2.45, 2.75) is 20.4 Å². The first-order valence-corrected chi connectivity index (χ1v) is 8.45. The van der Waals surface area contributed by atoms with Gasteiger partial charge in [0.05, 0.1) is 16.5 Å². The van der Waals surface area contributed by atoms with Gasteiger partial charge >= 0.3 is 5.97 Å². The van der Waals surface area contributed by atoms with E-state index < -0.39 is 24.1 Å². The monoisotopic (exact) mass is 365 g/mol. The van der Waals surface area contributed by atoms with Gasteiger partial charge in [-0.05, 0) is 24.6 Å². The molecule has 0 aliphatic rings. The summed E-state index contributed by atoms with van der Waals surface area (Å²) in [4.78, 5) is 35.3. The standard InChI is InChI=1S/C21H19NO5/c1-13-19(21(26)14(2)23)20-16(9-6-10-17(20)27-12-18(24)25)22(13)11-15-7-4-3-5-8-15/h3-10H,11-12H2,1-2H3,(H,24,25). The van der Waals surface area contributed by atoms with Gasteiger partial charge in [-0.1, -0.05) is 36.4 Å². The van der Waals surface area contributed by atoms with Crippen LogP contribution in [-0.4, -0.2) is 33.8 Å². The van der Waals surface area contributed by atoms with Gasteiger partial charge in [0.15, 0.2) is 12.4 Å². The number of aromatic nitrogens is 1. The van der Waals surface area contributed by atoms with Crippen LogP contribution in [0.5, 0.6) is 5.75 Å². The second kappa shape index (κ2) is 7.45. The van der Waals surface area contributed by atoms with E-state index in [0.29, 0.717) is 23.1 Å². The Morgan fingerprint density at radius 1 is 1.04 bits per heavy atom. The molecule has 3 aromatic rings. The predicted octanol–water partition coefficient (Wildman–Crippen LogP) is 3.23.